The molecule has 1 saturated carbocycles. The van der Waals surface area contributed by atoms with E-state index < -0.39 is 28.9 Å². The minimum atomic E-state index is -1.02. The molecule has 1 fully saturated rings. The van der Waals surface area contributed by atoms with Crippen LogP contribution in [-0.4, -0.2) is 25.4 Å². The van der Waals surface area contributed by atoms with Gasteiger partial charge >= 0.3 is 37.9 Å². The maximum atomic E-state index is 9.97. The zero-order chi connectivity index (χ0) is 16.8. The molecule has 2 unspecified atom stereocenters. The Bertz CT molecular complexity index is 505. The molecule has 2 atom stereocenters. The van der Waals surface area contributed by atoms with Crippen LogP contribution in [-0.2, 0) is 20.8 Å². The summed E-state index contributed by atoms with van der Waals surface area (Å²) >= 11 is -0.826. The molecule has 1 aromatic rings. The molecule has 122 valence electrons. The summed E-state index contributed by atoms with van der Waals surface area (Å²) in [5.41, 5.74) is 2.66. The van der Waals surface area contributed by atoms with Gasteiger partial charge < -0.3 is 5.11 Å². The zero-order valence-corrected chi connectivity index (χ0v) is 18.7. The Morgan fingerprint density at radius 3 is 2.45 bits per heavy atom. The first-order chi connectivity index (χ1) is 10.3. The van der Waals surface area contributed by atoms with Gasteiger partial charge in [0.25, 0.3) is 0 Å². The van der Waals surface area contributed by atoms with Gasteiger partial charge in [0.05, 0.1) is 0 Å². The number of para-hydroxylation sites is 1. The molecular formula is C16H25Cl2NOSiZr. The van der Waals surface area contributed by atoms with Crippen LogP contribution in [0.4, 0.5) is 0 Å². The number of hydrogen-bond donors (Lipinski definition) is 1. The van der Waals surface area contributed by atoms with Crippen molar-refractivity contribution in [1.82, 2.24) is 0 Å². The quantitative estimate of drug-likeness (QED) is 0.473. The number of nitrogens with zero attached hydrogens (tertiary/aromatic N) is 1. The van der Waals surface area contributed by atoms with Crippen LogP contribution in [0.2, 0.25) is 25.2 Å². The van der Waals surface area contributed by atoms with E-state index in [0.717, 1.165) is 16.7 Å². The van der Waals surface area contributed by atoms with Crippen molar-refractivity contribution >= 4 is 31.3 Å². The zero-order valence-electron chi connectivity index (χ0n) is 13.7. The second kappa shape index (κ2) is 9.61. The van der Waals surface area contributed by atoms with E-state index in [-0.39, 0.29) is 0 Å². The van der Waals surface area contributed by atoms with E-state index in [4.69, 9.17) is 22.0 Å². The molecule has 1 aromatic carbocycles. The maximum absolute atomic E-state index is 9.97. The van der Waals surface area contributed by atoms with Crippen molar-refractivity contribution in [3.8, 4) is 5.75 Å². The molecule has 0 bridgehead atoms. The van der Waals surface area contributed by atoms with Crippen LogP contribution < -0.4 is 0 Å². The molecule has 22 heavy (non-hydrogen) atoms. The fourth-order valence-electron chi connectivity index (χ4n) is 2.85. The van der Waals surface area contributed by atoms with Gasteiger partial charge in [-0.2, -0.15) is 0 Å². The third-order valence-corrected chi connectivity index (χ3v) is 7.30. The summed E-state index contributed by atoms with van der Waals surface area (Å²) in [4.78, 5) is 4.70. The van der Waals surface area contributed by atoms with Crippen molar-refractivity contribution in [3.63, 3.8) is 0 Å². The number of phenols is 1. The Balaban J connectivity index is 0.000000745. The van der Waals surface area contributed by atoms with E-state index in [1.165, 1.54) is 19.3 Å². The van der Waals surface area contributed by atoms with Crippen molar-refractivity contribution < 1.29 is 26.0 Å². The van der Waals surface area contributed by atoms with Crippen LogP contribution in [0, 0.1) is 6.92 Å². The normalized spacial score (nSPS) is 21.5. The number of halogens is 2. The molecule has 2 nitrogen and oxygen atoms in total. The number of phenolic OH excluding ortho intramolecular Hbond substituents is 1. The molecule has 1 aliphatic rings. The number of benzene rings is 1. The standard InChI is InChI=1S/C16H25NOSi.2ClH.Zr/c1-12-6-5-7-13(16(12)18)11-17-14-8-9-15(10-14)19(2,3)4;;;/h5-7,11,14-15,18H,8-10H2,1-4H3;2*1H;/q;;;+2/p-2. The first-order valence-electron chi connectivity index (χ1n) is 7.57. The van der Waals surface area contributed by atoms with E-state index >= 15 is 0 Å². The predicted octanol–water partition coefficient (Wildman–Crippen LogP) is 5.76. The van der Waals surface area contributed by atoms with Crippen LogP contribution in [0.1, 0.15) is 30.4 Å². The number of aryl methyl sites for hydroxylation is 1. The Morgan fingerprint density at radius 1 is 1.27 bits per heavy atom. The molecular weight excluding hydrogens is 412 g/mol. The molecule has 6 heteroatoms. The van der Waals surface area contributed by atoms with E-state index in [0.29, 0.717) is 11.8 Å². The second-order valence-electron chi connectivity index (χ2n) is 6.89. The number of hydrogen-bond acceptors (Lipinski definition) is 2. The molecule has 0 heterocycles. The van der Waals surface area contributed by atoms with Crippen molar-refractivity contribution in [2.45, 2.75) is 57.4 Å². The van der Waals surface area contributed by atoms with Gasteiger partial charge in [0.1, 0.15) is 5.75 Å². The molecule has 0 amide bonds. The van der Waals surface area contributed by atoms with Gasteiger partial charge in [-0.25, -0.2) is 0 Å². The second-order valence-corrected chi connectivity index (χ2v) is 16.2. The summed E-state index contributed by atoms with van der Waals surface area (Å²) in [5.74, 6) is 0.367. The summed E-state index contributed by atoms with van der Waals surface area (Å²) in [7, 11) is 8.85. The molecule has 2 rings (SSSR count). The Morgan fingerprint density at radius 2 is 1.91 bits per heavy atom. The third kappa shape index (κ3) is 6.47. The van der Waals surface area contributed by atoms with Crippen molar-refractivity contribution in [1.29, 1.82) is 0 Å². The van der Waals surface area contributed by atoms with Crippen molar-refractivity contribution in [3.05, 3.63) is 29.3 Å². The van der Waals surface area contributed by atoms with Gasteiger partial charge in [-0.05, 0) is 36.9 Å². The Hall–Kier alpha value is 0.370. The van der Waals surface area contributed by atoms with E-state index in [9.17, 15) is 5.11 Å². The number of rotatable bonds is 3. The summed E-state index contributed by atoms with van der Waals surface area (Å²) in [6, 6.07) is 6.27. The fourth-order valence-corrected chi connectivity index (χ4v) is 4.86. The van der Waals surface area contributed by atoms with Gasteiger partial charge in [-0.15, -0.1) is 0 Å². The Labute approximate surface area is 154 Å². The van der Waals surface area contributed by atoms with Crippen molar-refractivity contribution in [2.24, 2.45) is 4.99 Å². The van der Waals surface area contributed by atoms with Gasteiger partial charge in [0.2, 0.25) is 0 Å². The van der Waals surface area contributed by atoms with Crippen LogP contribution in [0.25, 0.3) is 0 Å². The van der Waals surface area contributed by atoms with Gasteiger partial charge in [-0.3, -0.25) is 4.99 Å². The molecule has 0 saturated heterocycles. The van der Waals surface area contributed by atoms with E-state index in [2.05, 4.69) is 19.6 Å². The van der Waals surface area contributed by atoms with Crippen molar-refractivity contribution in [2.75, 3.05) is 0 Å². The summed E-state index contributed by atoms with van der Waals surface area (Å²) in [6.45, 7) is 9.28. The molecule has 1 aliphatic carbocycles. The molecule has 0 spiro atoms. The van der Waals surface area contributed by atoms with E-state index in [1.807, 2.05) is 31.3 Å². The average molecular weight is 438 g/mol. The predicted molar refractivity (Wildman–Crippen MR) is 96.9 cm³/mol. The van der Waals surface area contributed by atoms with Gasteiger partial charge in [-0.1, -0.05) is 38.2 Å². The van der Waals surface area contributed by atoms with E-state index in [1.54, 1.807) is 0 Å². The molecule has 0 radical (unpaired) electrons. The van der Waals surface area contributed by atoms with Gasteiger partial charge in [0, 0.05) is 25.9 Å². The number of aliphatic imine (C=N–C) groups is 1. The summed E-state index contributed by atoms with van der Waals surface area (Å²) < 4.78 is 0. The summed E-state index contributed by atoms with van der Waals surface area (Å²) in [6.07, 6.45) is 5.63. The van der Waals surface area contributed by atoms with Crippen LogP contribution >= 0.6 is 17.0 Å². The first-order valence-corrected chi connectivity index (χ1v) is 17.5. The minimum absolute atomic E-state index is 0.367. The molecule has 0 aromatic heterocycles. The van der Waals surface area contributed by atoms with Crippen LogP contribution in [0.15, 0.2) is 23.2 Å². The fraction of sp³-hybridized carbons (Fsp3) is 0.562. The first kappa shape index (κ1) is 20.4. The van der Waals surface area contributed by atoms with Crippen LogP contribution in [0.5, 0.6) is 5.75 Å². The summed E-state index contributed by atoms with van der Waals surface area (Å²) in [5, 5.41) is 9.97. The Kier molecular flexibility index (Phi) is 8.92. The molecule has 1 N–H and O–H groups in total. The van der Waals surface area contributed by atoms with Gasteiger partial charge in [0.15, 0.2) is 0 Å². The number of aromatic hydroxyl groups is 1. The SMILES string of the molecule is Cc1cccc(C=NC2CCC([Si](C)(C)C)C2)c1O.[Cl][Zr][Cl]. The molecule has 0 aliphatic heterocycles. The third-order valence-electron chi connectivity index (χ3n) is 4.32. The average Bonchev–Trinajstić information content (AvgIpc) is 2.90. The van der Waals surface area contributed by atoms with Crippen LogP contribution in [0.3, 0.4) is 0 Å². The monoisotopic (exact) mass is 435 g/mol. The topological polar surface area (TPSA) is 32.6 Å².